The highest BCUT2D eigenvalue weighted by Gasteiger charge is 2.10. The van der Waals surface area contributed by atoms with Crippen molar-refractivity contribution < 1.29 is 14.3 Å². The smallest absolute Gasteiger partial charge is 0.338 e. The number of aryl methyl sites for hydroxylation is 1. The predicted octanol–water partition coefficient (Wildman–Crippen LogP) is 4.43. The van der Waals surface area contributed by atoms with Gasteiger partial charge in [0.25, 0.3) is 5.91 Å². The molecule has 0 atom stereocenters. The van der Waals surface area contributed by atoms with Crippen molar-refractivity contribution in [1.29, 1.82) is 0 Å². The van der Waals surface area contributed by atoms with E-state index in [2.05, 4.69) is 39.9 Å². The molecule has 148 valence electrons. The summed E-state index contributed by atoms with van der Waals surface area (Å²) in [6.45, 7) is 4.76. The number of anilines is 2. The van der Waals surface area contributed by atoms with E-state index in [0.717, 1.165) is 11.3 Å². The van der Waals surface area contributed by atoms with Gasteiger partial charge in [-0.3, -0.25) is 9.78 Å². The number of nitrogens with zero attached hydrogens (tertiary/aromatic N) is 1. The Bertz CT molecular complexity index is 983. The van der Waals surface area contributed by atoms with Crippen LogP contribution in [0.3, 0.4) is 0 Å². The first-order valence-corrected chi connectivity index (χ1v) is 9.38. The number of ether oxygens (including phenoxy) is 1. The van der Waals surface area contributed by atoms with E-state index >= 15 is 0 Å². The number of esters is 1. The van der Waals surface area contributed by atoms with Gasteiger partial charge in [0.2, 0.25) is 0 Å². The highest BCUT2D eigenvalue weighted by atomic mass is 16.5. The van der Waals surface area contributed by atoms with E-state index in [4.69, 9.17) is 4.74 Å². The molecule has 0 aliphatic carbocycles. The maximum absolute atomic E-state index is 12.5. The standard InChI is InChI=1S/C23H23N3O3/c1-3-29-23(28)18-8-10-20(11-9-18)26-22(27)19-12-21(15-24-14-19)25-13-17-6-4-16(2)5-7-17/h4-12,14-15,25H,3,13H2,1-2H3,(H,26,27). The molecule has 0 radical (unpaired) electrons. The van der Waals surface area contributed by atoms with E-state index in [1.165, 1.54) is 11.8 Å². The average molecular weight is 389 g/mol. The van der Waals surface area contributed by atoms with Gasteiger partial charge in [-0.15, -0.1) is 0 Å². The average Bonchev–Trinajstić information content (AvgIpc) is 2.74. The summed E-state index contributed by atoms with van der Waals surface area (Å²) in [4.78, 5) is 28.4. The number of hydrogen-bond acceptors (Lipinski definition) is 5. The molecule has 0 saturated carbocycles. The molecule has 1 amide bonds. The summed E-state index contributed by atoms with van der Waals surface area (Å²) < 4.78 is 4.95. The minimum Gasteiger partial charge on any atom is -0.462 e. The Balaban J connectivity index is 1.61. The van der Waals surface area contributed by atoms with Crippen LogP contribution in [-0.2, 0) is 11.3 Å². The molecule has 0 aliphatic rings. The molecular formula is C23H23N3O3. The Morgan fingerprint density at radius 1 is 0.931 bits per heavy atom. The van der Waals surface area contributed by atoms with Crippen LogP contribution in [0.4, 0.5) is 11.4 Å². The second-order valence-electron chi connectivity index (χ2n) is 6.55. The van der Waals surface area contributed by atoms with Gasteiger partial charge in [0.05, 0.1) is 23.4 Å². The zero-order chi connectivity index (χ0) is 20.6. The first kappa shape index (κ1) is 20.1. The van der Waals surface area contributed by atoms with Gasteiger partial charge in [-0.05, 0) is 49.7 Å². The molecule has 29 heavy (non-hydrogen) atoms. The van der Waals surface area contributed by atoms with Gasteiger partial charge in [-0.2, -0.15) is 0 Å². The van der Waals surface area contributed by atoms with Crippen LogP contribution in [0.2, 0.25) is 0 Å². The molecule has 0 saturated heterocycles. The van der Waals surface area contributed by atoms with Crippen molar-refractivity contribution in [2.45, 2.75) is 20.4 Å². The fraction of sp³-hybridized carbons (Fsp3) is 0.174. The maximum Gasteiger partial charge on any atom is 0.338 e. The maximum atomic E-state index is 12.5. The number of benzene rings is 2. The number of carbonyl (C=O) groups excluding carboxylic acids is 2. The third-order valence-corrected chi connectivity index (χ3v) is 4.27. The van der Waals surface area contributed by atoms with E-state index in [9.17, 15) is 9.59 Å². The lowest BCUT2D eigenvalue weighted by Gasteiger charge is -2.09. The Hall–Kier alpha value is -3.67. The van der Waals surface area contributed by atoms with E-state index < -0.39 is 0 Å². The molecule has 1 heterocycles. The molecule has 3 rings (SSSR count). The van der Waals surface area contributed by atoms with Crippen LogP contribution in [0.1, 0.15) is 38.8 Å². The van der Waals surface area contributed by atoms with Crippen molar-refractivity contribution in [1.82, 2.24) is 4.98 Å². The lowest BCUT2D eigenvalue weighted by atomic mass is 10.1. The zero-order valence-corrected chi connectivity index (χ0v) is 16.4. The number of hydrogen-bond donors (Lipinski definition) is 2. The van der Waals surface area contributed by atoms with Crippen molar-refractivity contribution in [3.63, 3.8) is 0 Å². The summed E-state index contributed by atoms with van der Waals surface area (Å²) in [6, 6.07) is 16.6. The molecule has 6 nitrogen and oxygen atoms in total. The summed E-state index contributed by atoms with van der Waals surface area (Å²) in [5.74, 6) is -0.665. The van der Waals surface area contributed by atoms with Gasteiger partial charge in [0.15, 0.2) is 0 Å². The zero-order valence-electron chi connectivity index (χ0n) is 16.4. The summed E-state index contributed by atoms with van der Waals surface area (Å²) in [6.07, 6.45) is 3.19. The van der Waals surface area contributed by atoms with E-state index in [1.807, 2.05) is 6.92 Å². The van der Waals surface area contributed by atoms with Gasteiger partial charge in [-0.1, -0.05) is 29.8 Å². The minimum absolute atomic E-state index is 0.277. The first-order valence-electron chi connectivity index (χ1n) is 9.38. The molecule has 0 aliphatic heterocycles. The highest BCUT2D eigenvalue weighted by molar-refractivity contribution is 6.04. The highest BCUT2D eigenvalue weighted by Crippen LogP contribution is 2.15. The number of rotatable bonds is 7. The first-order chi connectivity index (χ1) is 14.0. The lowest BCUT2D eigenvalue weighted by molar-refractivity contribution is 0.0526. The molecule has 6 heteroatoms. The normalized spacial score (nSPS) is 10.3. The monoisotopic (exact) mass is 389 g/mol. The van der Waals surface area contributed by atoms with Crippen LogP contribution in [-0.4, -0.2) is 23.5 Å². The number of aromatic nitrogens is 1. The van der Waals surface area contributed by atoms with Crippen molar-refractivity contribution in [3.8, 4) is 0 Å². The number of pyridine rings is 1. The summed E-state index contributed by atoms with van der Waals surface area (Å²) >= 11 is 0. The van der Waals surface area contributed by atoms with Crippen molar-refractivity contribution >= 4 is 23.3 Å². The molecule has 0 unspecified atom stereocenters. The molecular weight excluding hydrogens is 366 g/mol. The predicted molar refractivity (Wildman–Crippen MR) is 113 cm³/mol. The Morgan fingerprint density at radius 3 is 2.34 bits per heavy atom. The van der Waals surface area contributed by atoms with Gasteiger partial charge in [0, 0.05) is 24.6 Å². The number of amides is 1. The van der Waals surface area contributed by atoms with E-state index in [-0.39, 0.29) is 11.9 Å². The fourth-order valence-corrected chi connectivity index (χ4v) is 2.68. The topological polar surface area (TPSA) is 80.3 Å². The van der Waals surface area contributed by atoms with E-state index in [0.29, 0.717) is 30.0 Å². The van der Waals surface area contributed by atoms with Crippen LogP contribution >= 0.6 is 0 Å². The van der Waals surface area contributed by atoms with Gasteiger partial charge < -0.3 is 15.4 Å². The fourth-order valence-electron chi connectivity index (χ4n) is 2.68. The van der Waals surface area contributed by atoms with Crippen LogP contribution in [0.15, 0.2) is 67.0 Å². The Kier molecular flexibility index (Phi) is 6.58. The minimum atomic E-state index is -0.387. The third-order valence-electron chi connectivity index (χ3n) is 4.27. The Morgan fingerprint density at radius 2 is 1.66 bits per heavy atom. The molecule has 2 aromatic carbocycles. The van der Waals surface area contributed by atoms with Crippen molar-refractivity contribution in [2.75, 3.05) is 17.2 Å². The number of nitrogens with one attached hydrogen (secondary N) is 2. The summed E-state index contributed by atoms with van der Waals surface area (Å²) in [5, 5.41) is 6.08. The molecule has 3 aromatic rings. The van der Waals surface area contributed by atoms with Gasteiger partial charge in [0.1, 0.15) is 0 Å². The van der Waals surface area contributed by atoms with Crippen molar-refractivity contribution in [2.24, 2.45) is 0 Å². The van der Waals surface area contributed by atoms with Gasteiger partial charge in [-0.25, -0.2) is 4.79 Å². The van der Waals surface area contributed by atoms with Crippen LogP contribution in [0, 0.1) is 6.92 Å². The van der Waals surface area contributed by atoms with Crippen molar-refractivity contribution in [3.05, 3.63) is 89.2 Å². The molecule has 0 spiro atoms. The second kappa shape index (κ2) is 9.50. The second-order valence-corrected chi connectivity index (χ2v) is 6.55. The molecule has 1 aromatic heterocycles. The summed E-state index contributed by atoms with van der Waals surface area (Å²) in [5.41, 5.74) is 4.58. The van der Waals surface area contributed by atoms with Gasteiger partial charge >= 0.3 is 5.97 Å². The van der Waals surface area contributed by atoms with Crippen LogP contribution in [0.25, 0.3) is 0 Å². The quantitative estimate of drug-likeness (QED) is 0.584. The molecule has 0 fully saturated rings. The molecule has 2 N–H and O–H groups in total. The summed E-state index contributed by atoms with van der Waals surface area (Å²) in [7, 11) is 0. The Labute approximate surface area is 169 Å². The third kappa shape index (κ3) is 5.65. The van der Waals surface area contributed by atoms with Crippen LogP contribution in [0.5, 0.6) is 0 Å². The SMILES string of the molecule is CCOC(=O)c1ccc(NC(=O)c2cncc(NCc3ccc(C)cc3)c2)cc1. The van der Waals surface area contributed by atoms with Crippen LogP contribution < -0.4 is 10.6 Å². The molecule has 0 bridgehead atoms. The largest absolute Gasteiger partial charge is 0.462 e. The van der Waals surface area contributed by atoms with E-state index in [1.54, 1.807) is 43.5 Å². The number of carbonyl (C=O) groups is 2. The lowest BCUT2D eigenvalue weighted by Crippen LogP contribution is -2.13.